The van der Waals surface area contributed by atoms with Crippen LogP contribution in [0.25, 0.3) is 0 Å². The molecular formula is C30H41F3N3O2P. The molecule has 0 saturated carbocycles. The Bertz CT molecular complexity index is 1130. The van der Waals surface area contributed by atoms with Gasteiger partial charge < -0.3 is 5.32 Å². The number of nitrogens with one attached hydrogen (secondary N) is 1. The molecule has 2 aliphatic heterocycles. The third kappa shape index (κ3) is 8.60. The zero-order valence-corrected chi connectivity index (χ0v) is 24.5. The summed E-state index contributed by atoms with van der Waals surface area (Å²) in [6, 6.07) is 8.52. The molecule has 2 aliphatic rings. The third-order valence-electron chi connectivity index (χ3n) is 7.78. The molecule has 1 amide bonds. The third-order valence-corrected chi connectivity index (χ3v) is 8.41. The molecule has 0 bridgehead atoms. The number of piperidine rings is 1. The van der Waals surface area contributed by atoms with Gasteiger partial charge in [-0.25, -0.2) is 17.8 Å². The monoisotopic (exact) mass is 563 g/mol. The smallest absolute Gasteiger partial charge is 0.248 e. The number of rotatable bonds is 6. The second kappa shape index (κ2) is 13.9. The molecule has 2 fully saturated rings. The molecule has 2 unspecified atom stereocenters. The maximum Gasteiger partial charge on any atom is 0.248 e. The molecule has 214 valence electrons. The van der Waals surface area contributed by atoms with Gasteiger partial charge in [-0.2, -0.15) is 0 Å². The lowest BCUT2D eigenvalue weighted by Crippen LogP contribution is -2.39. The molecular weight excluding hydrogens is 522 g/mol. The topological polar surface area (TPSA) is 52.7 Å². The predicted octanol–water partition coefficient (Wildman–Crippen LogP) is 7.35. The van der Waals surface area contributed by atoms with E-state index in [4.69, 9.17) is 0 Å². The summed E-state index contributed by atoms with van der Waals surface area (Å²) in [6.45, 7) is 13.5. The van der Waals surface area contributed by atoms with Gasteiger partial charge in [0.1, 0.15) is 17.5 Å². The first-order valence-corrected chi connectivity index (χ1v) is 14.6. The van der Waals surface area contributed by atoms with Gasteiger partial charge in [0.2, 0.25) is 14.5 Å². The van der Waals surface area contributed by atoms with E-state index in [-0.39, 0.29) is 37.8 Å². The molecule has 4 rings (SSSR count). The Morgan fingerprint density at radius 1 is 0.974 bits per heavy atom. The first kappa shape index (κ1) is 31.3. The summed E-state index contributed by atoms with van der Waals surface area (Å²) in [6.07, 6.45) is 3.14. The fourth-order valence-corrected chi connectivity index (χ4v) is 5.82. The van der Waals surface area contributed by atoms with E-state index in [1.807, 2.05) is 17.7 Å². The summed E-state index contributed by atoms with van der Waals surface area (Å²) in [4.78, 5) is 14.0. The highest BCUT2D eigenvalue weighted by atomic mass is 31.1. The van der Waals surface area contributed by atoms with E-state index in [2.05, 4.69) is 31.0 Å². The van der Waals surface area contributed by atoms with Crippen molar-refractivity contribution in [2.45, 2.75) is 83.7 Å². The lowest BCUT2D eigenvalue weighted by atomic mass is 9.85. The van der Waals surface area contributed by atoms with Crippen LogP contribution in [0.1, 0.15) is 94.9 Å². The SMILES string of the molecule is CC(C)(C)N1CCC(c2ccc(F)cc2F)C1.CCC(=O)NC(C)c1cc(F)ccc1C1CCN(P=O)CC1. The van der Waals surface area contributed by atoms with Gasteiger partial charge in [0.25, 0.3) is 0 Å². The minimum atomic E-state index is -0.503. The van der Waals surface area contributed by atoms with E-state index >= 15 is 0 Å². The number of carbonyl (C=O) groups is 1. The van der Waals surface area contributed by atoms with Crippen LogP contribution >= 0.6 is 8.61 Å². The second-order valence-electron chi connectivity index (χ2n) is 11.5. The van der Waals surface area contributed by atoms with Crippen LogP contribution in [-0.4, -0.2) is 47.2 Å². The van der Waals surface area contributed by atoms with Crippen LogP contribution in [0.2, 0.25) is 0 Å². The Balaban J connectivity index is 0.000000223. The number of hydrogen-bond acceptors (Lipinski definition) is 3. The van der Waals surface area contributed by atoms with Crippen molar-refractivity contribution < 1.29 is 22.5 Å². The van der Waals surface area contributed by atoms with Gasteiger partial charge in [0.05, 0.1) is 6.04 Å². The zero-order chi connectivity index (χ0) is 28.7. The molecule has 2 atom stereocenters. The van der Waals surface area contributed by atoms with Gasteiger partial charge in [-0.15, -0.1) is 0 Å². The molecule has 0 radical (unpaired) electrons. The molecule has 2 heterocycles. The average Bonchev–Trinajstić information content (AvgIpc) is 3.40. The van der Waals surface area contributed by atoms with Crippen LogP contribution in [0, 0.1) is 17.5 Å². The minimum absolute atomic E-state index is 0.0392. The Kier molecular flexibility index (Phi) is 11.1. The molecule has 1 N–H and O–H groups in total. The van der Waals surface area contributed by atoms with Gasteiger partial charge in [0.15, 0.2) is 0 Å². The number of amides is 1. The van der Waals surface area contributed by atoms with Crippen LogP contribution in [-0.2, 0) is 9.36 Å². The highest BCUT2D eigenvalue weighted by Crippen LogP contribution is 2.35. The van der Waals surface area contributed by atoms with Crippen LogP contribution in [0.3, 0.4) is 0 Å². The number of hydrogen-bond donors (Lipinski definition) is 1. The molecule has 5 nitrogen and oxygen atoms in total. The lowest BCUT2D eigenvalue weighted by Gasteiger charge is -2.31. The molecule has 2 aromatic rings. The Morgan fingerprint density at radius 2 is 1.56 bits per heavy atom. The second-order valence-corrected chi connectivity index (χ2v) is 12.2. The van der Waals surface area contributed by atoms with Crippen LogP contribution in [0.15, 0.2) is 36.4 Å². The van der Waals surface area contributed by atoms with Gasteiger partial charge in [-0.3, -0.25) is 14.3 Å². The first-order valence-electron chi connectivity index (χ1n) is 13.8. The molecule has 0 aromatic heterocycles. The van der Waals surface area contributed by atoms with Crippen molar-refractivity contribution in [3.8, 4) is 0 Å². The Morgan fingerprint density at radius 3 is 2.10 bits per heavy atom. The molecule has 39 heavy (non-hydrogen) atoms. The van der Waals surface area contributed by atoms with E-state index in [9.17, 15) is 22.5 Å². The summed E-state index contributed by atoms with van der Waals surface area (Å²) >= 11 is 0. The molecule has 2 aromatic carbocycles. The predicted molar refractivity (Wildman–Crippen MR) is 149 cm³/mol. The highest BCUT2D eigenvalue weighted by Gasteiger charge is 2.32. The van der Waals surface area contributed by atoms with E-state index in [0.717, 1.165) is 62.6 Å². The normalized spacial score (nSPS) is 19.9. The summed E-state index contributed by atoms with van der Waals surface area (Å²) in [5.74, 6) is -0.735. The molecule has 0 aliphatic carbocycles. The Hall–Kier alpha value is -2.28. The van der Waals surface area contributed by atoms with Crippen molar-refractivity contribution in [2.24, 2.45) is 0 Å². The lowest BCUT2D eigenvalue weighted by molar-refractivity contribution is -0.121. The maximum absolute atomic E-state index is 13.7. The van der Waals surface area contributed by atoms with Crippen molar-refractivity contribution in [3.05, 3.63) is 70.5 Å². The highest BCUT2D eigenvalue weighted by molar-refractivity contribution is 7.20. The number of likely N-dealkylation sites (tertiary alicyclic amines) is 1. The number of carbonyl (C=O) groups excluding carboxylic acids is 1. The van der Waals surface area contributed by atoms with Crippen LogP contribution < -0.4 is 5.32 Å². The quantitative estimate of drug-likeness (QED) is 0.374. The summed E-state index contributed by atoms with van der Waals surface area (Å²) < 4.78 is 52.9. The van der Waals surface area contributed by atoms with Crippen LogP contribution in [0.4, 0.5) is 13.2 Å². The summed E-state index contributed by atoms with van der Waals surface area (Å²) in [5, 5.41) is 2.91. The van der Waals surface area contributed by atoms with Crippen molar-refractivity contribution in [1.82, 2.24) is 14.9 Å². The van der Waals surface area contributed by atoms with Gasteiger partial charge >= 0.3 is 0 Å². The van der Waals surface area contributed by atoms with Crippen molar-refractivity contribution in [2.75, 3.05) is 26.2 Å². The number of benzene rings is 2. The minimum Gasteiger partial charge on any atom is -0.350 e. The molecule has 0 spiro atoms. The van der Waals surface area contributed by atoms with Gasteiger partial charge in [-0.05, 0) is 94.3 Å². The first-order chi connectivity index (χ1) is 18.4. The van der Waals surface area contributed by atoms with Crippen molar-refractivity contribution >= 4 is 14.5 Å². The average molecular weight is 564 g/mol. The van der Waals surface area contributed by atoms with E-state index < -0.39 is 11.6 Å². The van der Waals surface area contributed by atoms with E-state index in [1.54, 1.807) is 13.0 Å². The zero-order valence-electron chi connectivity index (χ0n) is 23.6. The van der Waals surface area contributed by atoms with E-state index in [0.29, 0.717) is 17.9 Å². The molecule has 2 saturated heterocycles. The van der Waals surface area contributed by atoms with Gasteiger partial charge in [0, 0.05) is 43.6 Å². The largest absolute Gasteiger partial charge is 0.350 e. The number of nitrogens with zero attached hydrogens (tertiary/aromatic N) is 2. The summed E-state index contributed by atoms with van der Waals surface area (Å²) in [5.41, 5.74) is 2.70. The van der Waals surface area contributed by atoms with Crippen molar-refractivity contribution in [1.29, 1.82) is 0 Å². The van der Waals surface area contributed by atoms with Gasteiger partial charge in [-0.1, -0.05) is 19.1 Å². The van der Waals surface area contributed by atoms with Crippen molar-refractivity contribution in [3.63, 3.8) is 0 Å². The molecule has 9 heteroatoms. The van der Waals surface area contributed by atoms with Crippen LogP contribution in [0.5, 0.6) is 0 Å². The standard InChI is InChI=1S/C16H22FN2O2P.C14H19F2N/c1-3-16(20)18-11(2)15-10-13(17)4-5-14(15)12-6-8-19(22-21)9-7-12;1-14(2,3)17-7-6-10(9-17)12-5-4-11(15)8-13(12)16/h4-5,10-12H,3,6-9H2,1-2H3,(H,18,20);4-5,8,10H,6-7,9H2,1-3H3. The maximum atomic E-state index is 13.7. The fourth-order valence-electron chi connectivity index (χ4n) is 5.43. The summed E-state index contributed by atoms with van der Waals surface area (Å²) in [7, 11) is 0.0707. The number of halogens is 3. The van der Waals surface area contributed by atoms with E-state index in [1.165, 1.54) is 18.2 Å². The Labute approximate surface area is 232 Å². The fraction of sp³-hybridized carbons (Fsp3) is 0.567.